The molecule has 1 saturated carbocycles. The third-order valence-electron chi connectivity index (χ3n) is 3.82. The maximum Gasteiger partial charge on any atom is 0.169 e. The summed E-state index contributed by atoms with van der Waals surface area (Å²) in [4.78, 5) is 0. The number of hydrogen-bond acceptors (Lipinski definition) is 4. The van der Waals surface area contributed by atoms with Crippen LogP contribution in [-0.4, -0.2) is 42.4 Å². The summed E-state index contributed by atoms with van der Waals surface area (Å²) in [6, 6.07) is 0. The van der Waals surface area contributed by atoms with Gasteiger partial charge >= 0.3 is 0 Å². The summed E-state index contributed by atoms with van der Waals surface area (Å²) in [5, 5.41) is 19.1. The topological polar surface area (TPSA) is 58.9 Å². The van der Waals surface area contributed by atoms with Gasteiger partial charge in [0.2, 0.25) is 0 Å². The second-order valence-corrected chi connectivity index (χ2v) is 6.08. The van der Waals surface area contributed by atoms with E-state index in [0.29, 0.717) is 26.1 Å². The molecule has 4 heteroatoms. The van der Waals surface area contributed by atoms with Gasteiger partial charge in [-0.05, 0) is 17.3 Å². The van der Waals surface area contributed by atoms with E-state index in [9.17, 15) is 10.2 Å². The minimum Gasteiger partial charge on any atom is -0.396 e. The van der Waals surface area contributed by atoms with Gasteiger partial charge in [0.15, 0.2) is 5.79 Å². The minimum absolute atomic E-state index is 0.108. The van der Waals surface area contributed by atoms with Gasteiger partial charge in [-0.15, -0.1) is 0 Å². The van der Waals surface area contributed by atoms with E-state index in [2.05, 4.69) is 0 Å². The summed E-state index contributed by atoms with van der Waals surface area (Å²) < 4.78 is 11.5. The number of rotatable bonds is 2. The maximum atomic E-state index is 9.53. The average molecular weight is 230 g/mol. The zero-order valence-electron chi connectivity index (χ0n) is 10.2. The summed E-state index contributed by atoms with van der Waals surface area (Å²) in [5.41, 5.74) is -0.444. The Morgan fingerprint density at radius 1 is 0.875 bits per heavy atom. The van der Waals surface area contributed by atoms with Crippen molar-refractivity contribution in [2.24, 2.45) is 10.8 Å². The zero-order chi connectivity index (χ0) is 11.9. The molecule has 0 aromatic rings. The molecule has 2 N–H and O–H groups in total. The predicted molar refractivity (Wildman–Crippen MR) is 58.9 cm³/mol. The largest absolute Gasteiger partial charge is 0.396 e. The molecule has 2 aliphatic rings. The van der Waals surface area contributed by atoms with Crippen LogP contribution in [0.3, 0.4) is 0 Å². The highest BCUT2D eigenvalue weighted by Gasteiger charge is 2.53. The molecule has 16 heavy (non-hydrogen) atoms. The van der Waals surface area contributed by atoms with E-state index in [1.807, 2.05) is 13.8 Å². The molecule has 0 radical (unpaired) electrons. The van der Waals surface area contributed by atoms with Gasteiger partial charge in [0.1, 0.15) is 0 Å². The highest BCUT2D eigenvalue weighted by Crippen LogP contribution is 2.52. The molecule has 1 aliphatic heterocycles. The molecule has 0 aromatic heterocycles. The van der Waals surface area contributed by atoms with Crippen LogP contribution in [0, 0.1) is 10.8 Å². The van der Waals surface area contributed by atoms with Crippen LogP contribution in [0.2, 0.25) is 0 Å². The molecule has 1 heterocycles. The lowest BCUT2D eigenvalue weighted by Gasteiger charge is -2.50. The fourth-order valence-electron chi connectivity index (χ4n) is 3.44. The van der Waals surface area contributed by atoms with Gasteiger partial charge in [0.05, 0.1) is 13.2 Å². The fourth-order valence-corrected chi connectivity index (χ4v) is 3.44. The van der Waals surface area contributed by atoms with Crippen LogP contribution in [-0.2, 0) is 9.47 Å². The Morgan fingerprint density at radius 3 is 1.69 bits per heavy atom. The third-order valence-corrected chi connectivity index (χ3v) is 3.82. The Morgan fingerprint density at radius 2 is 1.31 bits per heavy atom. The minimum atomic E-state index is -0.576. The van der Waals surface area contributed by atoms with E-state index < -0.39 is 5.79 Å². The molecular weight excluding hydrogens is 208 g/mol. The van der Waals surface area contributed by atoms with Gasteiger partial charge in [-0.3, -0.25) is 0 Å². The zero-order valence-corrected chi connectivity index (χ0v) is 10.2. The van der Waals surface area contributed by atoms with Crippen molar-refractivity contribution in [3.05, 3.63) is 0 Å². The molecule has 0 amide bonds. The van der Waals surface area contributed by atoms with Crippen molar-refractivity contribution in [3.8, 4) is 0 Å². The van der Waals surface area contributed by atoms with Crippen LogP contribution in [0.5, 0.6) is 0 Å². The number of hydrogen-bond donors (Lipinski definition) is 2. The van der Waals surface area contributed by atoms with Gasteiger partial charge in [-0.1, -0.05) is 13.8 Å². The summed E-state index contributed by atoms with van der Waals surface area (Å²) in [6.45, 7) is 5.51. The molecule has 4 nitrogen and oxygen atoms in total. The Kier molecular flexibility index (Phi) is 3.03. The second-order valence-electron chi connectivity index (χ2n) is 6.08. The van der Waals surface area contributed by atoms with Crippen molar-refractivity contribution >= 4 is 0 Å². The van der Waals surface area contributed by atoms with Gasteiger partial charge in [-0.25, -0.2) is 0 Å². The number of ether oxygens (including phenoxy) is 2. The van der Waals surface area contributed by atoms with Crippen molar-refractivity contribution < 1.29 is 19.7 Å². The average Bonchev–Trinajstić information content (AvgIpc) is 2.64. The standard InChI is InChI=1S/C12H22O4/c1-10(8-13)5-11(2,9-14)7-12(6-10)15-3-4-16-12/h13-14H,3-9H2,1-2H3. The van der Waals surface area contributed by atoms with Crippen molar-refractivity contribution in [1.29, 1.82) is 0 Å². The first-order chi connectivity index (χ1) is 7.45. The molecule has 2 rings (SSSR count). The molecule has 0 bridgehead atoms. The third kappa shape index (κ3) is 2.12. The van der Waals surface area contributed by atoms with Crippen LogP contribution in [0.15, 0.2) is 0 Å². The van der Waals surface area contributed by atoms with Crippen molar-refractivity contribution in [2.45, 2.75) is 38.9 Å². The second kappa shape index (κ2) is 3.95. The van der Waals surface area contributed by atoms with Crippen LogP contribution in [0.1, 0.15) is 33.1 Å². The molecular formula is C12H22O4. The lowest BCUT2D eigenvalue weighted by Crippen LogP contribution is -2.51. The van der Waals surface area contributed by atoms with Crippen molar-refractivity contribution in [3.63, 3.8) is 0 Å². The Hall–Kier alpha value is -0.160. The van der Waals surface area contributed by atoms with E-state index in [1.165, 1.54) is 0 Å². The lowest BCUT2D eigenvalue weighted by atomic mass is 9.62. The smallest absolute Gasteiger partial charge is 0.169 e. The van der Waals surface area contributed by atoms with Gasteiger partial charge in [0.25, 0.3) is 0 Å². The van der Waals surface area contributed by atoms with Crippen LogP contribution in [0.4, 0.5) is 0 Å². The Balaban J connectivity index is 2.23. The first-order valence-corrected chi connectivity index (χ1v) is 5.95. The SMILES string of the molecule is CC1(CO)CC(C)(CO)CC2(C1)OCCO2. The Labute approximate surface area is 96.6 Å². The highest BCUT2D eigenvalue weighted by atomic mass is 16.7. The summed E-state index contributed by atoms with van der Waals surface area (Å²) >= 11 is 0. The molecule has 1 spiro atoms. The first-order valence-electron chi connectivity index (χ1n) is 5.95. The van der Waals surface area contributed by atoms with Crippen molar-refractivity contribution in [1.82, 2.24) is 0 Å². The first kappa shape index (κ1) is 12.3. The van der Waals surface area contributed by atoms with Gasteiger partial charge < -0.3 is 19.7 Å². The molecule has 94 valence electrons. The molecule has 2 unspecified atom stereocenters. The van der Waals surface area contributed by atoms with E-state index in [-0.39, 0.29) is 24.0 Å². The summed E-state index contributed by atoms with van der Waals surface area (Å²) in [5.74, 6) is -0.576. The van der Waals surface area contributed by atoms with Crippen molar-refractivity contribution in [2.75, 3.05) is 26.4 Å². The number of aliphatic hydroxyl groups is 2. The molecule has 2 fully saturated rings. The number of aliphatic hydroxyl groups excluding tert-OH is 2. The molecule has 1 aliphatic carbocycles. The maximum absolute atomic E-state index is 9.53. The van der Waals surface area contributed by atoms with E-state index >= 15 is 0 Å². The van der Waals surface area contributed by atoms with Crippen LogP contribution in [0.25, 0.3) is 0 Å². The van der Waals surface area contributed by atoms with Crippen LogP contribution >= 0.6 is 0 Å². The monoisotopic (exact) mass is 230 g/mol. The van der Waals surface area contributed by atoms with Crippen LogP contribution < -0.4 is 0 Å². The summed E-state index contributed by atoms with van der Waals surface area (Å²) in [6.07, 6.45) is 2.24. The highest BCUT2D eigenvalue weighted by molar-refractivity contribution is 4.98. The van der Waals surface area contributed by atoms with Gasteiger partial charge in [0, 0.05) is 26.1 Å². The van der Waals surface area contributed by atoms with E-state index in [1.54, 1.807) is 0 Å². The normalized spacial score (nSPS) is 42.8. The fraction of sp³-hybridized carbons (Fsp3) is 1.00. The Bertz CT molecular complexity index is 242. The molecule has 0 aromatic carbocycles. The van der Waals surface area contributed by atoms with Gasteiger partial charge in [-0.2, -0.15) is 0 Å². The van der Waals surface area contributed by atoms with E-state index in [0.717, 1.165) is 6.42 Å². The quantitative estimate of drug-likeness (QED) is 0.740. The molecule has 1 saturated heterocycles. The lowest BCUT2D eigenvalue weighted by molar-refractivity contribution is -0.235. The summed E-state index contributed by atoms with van der Waals surface area (Å²) in [7, 11) is 0. The van der Waals surface area contributed by atoms with E-state index in [4.69, 9.17) is 9.47 Å². The molecule has 2 atom stereocenters. The predicted octanol–water partition coefficient (Wildman–Crippen LogP) is 0.911.